The number of ether oxygens (including phenoxy) is 1. The molecule has 0 radical (unpaired) electrons. The monoisotopic (exact) mass is 898 g/mol. The third-order valence-electron chi connectivity index (χ3n) is 12.6. The predicted octanol–water partition coefficient (Wildman–Crippen LogP) is 17.0. The minimum Gasteiger partial charge on any atom is -0.466 e. The highest BCUT2D eigenvalue weighted by molar-refractivity contribution is 5.76. The van der Waals surface area contributed by atoms with Gasteiger partial charge in [-0.2, -0.15) is 0 Å². The summed E-state index contributed by atoms with van der Waals surface area (Å²) in [6, 6.07) is -0.631. The van der Waals surface area contributed by atoms with Crippen LogP contribution in [0.1, 0.15) is 284 Å². The third-order valence-corrected chi connectivity index (χ3v) is 12.6. The molecule has 6 nitrogen and oxygen atoms in total. The van der Waals surface area contributed by atoms with Crippen molar-refractivity contribution >= 4 is 11.9 Å². The zero-order chi connectivity index (χ0) is 46.5. The van der Waals surface area contributed by atoms with Gasteiger partial charge in [0, 0.05) is 12.8 Å². The van der Waals surface area contributed by atoms with Crippen LogP contribution in [0.2, 0.25) is 0 Å². The zero-order valence-electron chi connectivity index (χ0n) is 42.5. The number of carbonyl (C=O) groups is 2. The van der Waals surface area contributed by atoms with Crippen LogP contribution in [0.5, 0.6) is 0 Å². The minimum atomic E-state index is -0.846. The molecule has 0 heterocycles. The molecule has 2 unspecified atom stereocenters. The van der Waals surface area contributed by atoms with Crippen molar-refractivity contribution in [3.05, 3.63) is 48.6 Å². The molecule has 374 valence electrons. The standard InChI is InChI=1S/C58H107NO5/c1-3-5-7-9-11-13-14-15-25-29-32-36-40-44-48-52-58(63)64-53-49-45-41-37-33-30-27-24-22-20-18-16-17-19-21-23-26-28-31-35-39-43-47-51-57(62)59-55(54-60)56(61)50-46-42-38-34-12-10-8-6-4-2/h11,13,15,19,21,25,46,50,55-56,60-61H,3-10,12,14,16-18,20,22-24,26-45,47-49,51-54H2,1-2H3,(H,59,62)/b13-11-,21-19-,25-15-,50-46+. The van der Waals surface area contributed by atoms with Crippen molar-refractivity contribution in [3.8, 4) is 0 Å². The Hall–Kier alpha value is -2.18. The van der Waals surface area contributed by atoms with Crippen molar-refractivity contribution in [1.82, 2.24) is 5.32 Å². The van der Waals surface area contributed by atoms with Crippen molar-refractivity contribution in [2.75, 3.05) is 13.2 Å². The average Bonchev–Trinajstić information content (AvgIpc) is 3.29. The Bertz CT molecular complexity index is 1080. The second-order valence-electron chi connectivity index (χ2n) is 18.9. The highest BCUT2D eigenvalue weighted by atomic mass is 16.5. The van der Waals surface area contributed by atoms with Crippen molar-refractivity contribution in [1.29, 1.82) is 0 Å². The highest BCUT2D eigenvalue weighted by Gasteiger charge is 2.18. The summed E-state index contributed by atoms with van der Waals surface area (Å²) in [5, 5.41) is 22.9. The lowest BCUT2D eigenvalue weighted by Gasteiger charge is -2.20. The molecule has 0 saturated heterocycles. The normalized spacial score (nSPS) is 13.0. The molecule has 6 heteroatoms. The fourth-order valence-electron chi connectivity index (χ4n) is 8.25. The van der Waals surface area contributed by atoms with Gasteiger partial charge in [-0.3, -0.25) is 9.59 Å². The maximum Gasteiger partial charge on any atom is 0.305 e. The first kappa shape index (κ1) is 61.8. The molecule has 0 aromatic heterocycles. The van der Waals surface area contributed by atoms with Crippen LogP contribution >= 0.6 is 0 Å². The van der Waals surface area contributed by atoms with E-state index < -0.39 is 12.1 Å². The Morgan fingerprint density at radius 2 is 0.781 bits per heavy atom. The maximum absolute atomic E-state index is 12.4. The molecule has 0 aromatic rings. The summed E-state index contributed by atoms with van der Waals surface area (Å²) in [6.07, 6.45) is 67.1. The van der Waals surface area contributed by atoms with Crippen molar-refractivity contribution in [2.24, 2.45) is 0 Å². The fourth-order valence-corrected chi connectivity index (χ4v) is 8.25. The molecule has 0 aliphatic rings. The quantitative estimate of drug-likeness (QED) is 0.0321. The van der Waals surface area contributed by atoms with Crippen molar-refractivity contribution in [2.45, 2.75) is 296 Å². The molecular formula is C58H107NO5. The van der Waals surface area contributed by atoms with Crippen LogP contribution in [-0.2, 0) is 14.3 Å². The summed E-state index contributed by atoms with van der Waals surface area (Å²) < 4.78 is 5.47. The first-order valence-corrected chi connectivity index (χ1v) is 27.9. The number of hydrogen-bond acceptors (Lipinski definition) is 5. The molecule has 0 spiro atoms. The van der Waals surface area contributed by atoms with Gasteiger partial charge in [-0.25, -0.2) is 0 Å². The van der Waals surface area contributed by atoms with E-state index in [2.05, 4.69) is 55.6 Å². The number of rotatable bonds is 51. The lowest BCUT2D eigenvalue weighted by Crippen LogP contribution is -2.45. The molecule has 3 N–H and O–H groups in total. The van der Waals surface area contributed by atoms with Crippen LogP contribution in [0.4, 0.5) is 0 Å². The molecule has 0 rings (SSSR count). The highest BCUT2D eigenvalue weighted by Crippen LogP contribution is 2.15. The Labute approximate surface area is 397 Å². The average molecular weight is 898 g/mol. The minimum absolute atomic E-state index is 0.00394. The SMILES string of the molecule is CCCCC/C=C\C/C=C\CCCCCCCC(=O)OCCCCCCCCCCCCCC/C=C\CCCCCCCCCC(=O)NC(CO)C(O)/C=C/CCCCCCCCC. The van der Waals surface area contributed by atoms with Crippen LogP contribution in [0.25, 0.3) is 0 Å². The zero-order valence-corrected chi connectivity index (χ0v) is 42.5. The predicted molar refractivity (Wildman–Crippen MR) is 278 cm³/mol. The fraction of sp³-hybridized carbons (Fsp3) is 0.828. The number of nitrogens with one attached hydrogen (secondary N) is 1. The van der Waals surface area contributed by atoms with E-state index in [0.717, 1.165) is 57.8 Å². The van der Waals surface area contributed by atoms with Crippen LogP contribution in [0.15, 0.2) is 48.6 Å². The second kappa shape index (κ2) is 53.4. The topological polar surface area (TPSA) is 95.9 Å². The van der Waals surface area contributed by atoms with E-state index in [1.54, 1.807) is 6.08 Å². The lowest BCUT2D eigenvalue weighted by atomic mass is 10.0. The van der Waals surface area contributed by atoms with Gasteiger partial charge in [-0.1, -0.05) is 229 Å². The van der Waals surface area contributed by atoms with Crippen molar-refractivity contribution < 1.29 is 24.5 Å². The number of amides is 1. The summed E-state index contributed by atoms with van der Waals surface area (Å²) in [5.74, 6) is -0.0820. The van der Waals surface area contributed by atoms with Crippen molar-refractivity contribution in [3.63, 3.8) is 0 Å². The Morgan fingerprint density at radius 3 is 1.23 bits per heavy atom. The maximum atomic E-state index is 12.4. The van der Waals surface area contributed by atoms with Crippen LogP contribution in [0.3, 0.4) is 0 Å². The van der Waals surface area contributed by atoms with E-state index in [1.165, 1.54) is 199 Å². The second-order valence-corrected chi connectivity index (χ2v) is 18.9. The number of aliphatic hydroxyl groups excluding tert-OH is 2. The van der Waals surface area contributed by atoms with Gasteiger partial charge >= 0.3 is 5.97 Å². The molecule has 2 atom stereocenters. The number of allylic oxidation sites excluding steroid dienone is 7. The van der Waals surface area contributed by atoms with E-state index >= 15 is 0 Å². The van der Waals surface area contributed by atoms with Crippen LogP contribution in [-0.4, -0.2) is 47.4 Å². The Morgan fingerprint density at radius 1 is 0.438 bits per heavy atom. The van der Waals surface area contributed by atoms with E-state index in [4.69, 9.17) is 4.74 Å². The lowest BCUT2D eigenvalue weighted by molar-refractivity contribution is -0.143. The molecule has 0 saturated carbocycles. The van der Waals surface area contributed by atoms with E-state index in [0.29, 0.717) is 19.4 Å². The molecule has 0 aromatic carbocycles. The van der Waals surface area contributed by atoms with Gasteiger partial charge in [0.25, 0.3) is 0 Å². The van der Waals surface area contributed by atoms with E-state index in [-0.39, 0.29) is 18.5 Å². The number of esters is 1. The molecular weight excluding hydrogens is 791 g/mol. The molecule has 0 fully saturated rings. The van der Waals surface area contributed by atoms with Gasteiger partial charge in [-0.05, 0) is 89.9 Å². The number of unbranched alkanes of at least 4 members (excludes halogenated alkanes) is 34. The van der Waals surface area contributed by atoms with E-state index in [1.807, 2.05) is 6.08 Å². The van der Waals surface area contributed by atoms with Crippen LogP contribution < -0.4 is 5.32 Å². The summed E-state index contributed by atoms with van der Waals surface area (Å²) in [5.41, 5.74) is 0. The summed E-state index contributed by atoms with van der Waals surface area (Å²) in [4.78, 5) is 24.4. The first-order chi connectivity index (χ1) is 31.5. The molecule has 64 heavy (non-hydrogen) atoms. The molecule has 0 aliphatic carbocycles. The van der Waals surface area contributed by atoms with Gasteiger partial charge in [0.05, 0.1) is 25.4 Å². The van der Waals surface area contributed by atoms with Gasteiger partial charge in [0.2, 0.25) is 5.91 Å². The largest absolute Gasteiger partial charge is 0.466 e. The molecule has 1 amide bonds. The van der Waals surface area contributed by atoms with Gasteiger partial charge in [-0.15, -0.1) is 0 Å². The van der Waals surface area contributed by atoms with Crippen LogP contribution in [0, 0.1) is 0 Å². The summed E-state index contributed by atoms with van der Waals surface area (Å²) in [6.45, 7) is 4.83. The molecule has 0 bridgehead atoms. The van der Waals surface area contributed by atoms with E-state index in [9.17, 15) is 19.8 Å². The third kappa shape index (κ3) is 49.3. The first-order valence-electron chi connectivity index (χ1n) is 27.9. The Kier molecular flexibility index (Phi) is 51.6. The van der Waals surface area contributed by atoms with Gasteiger partial charge in [0.1, 0.15) is 0 Å². The van der Waals surface area contributed by atoms with Gasteiger partial charge in [0.15, 0.2) is 0 Å². The number of carbonyl (C=O) groups excluding carboxylic acids is 2. The molecule has 0 aliphatic heterocycles. The van der Waals surface area contributed by atoms with Gasteiger partial charge < -0.3 is 20.3 Å². The summed E-state index contributed by atoms with van der Waals surface area (Å²) >= 11 is 0. The number of aliphatic hydroxyl groups is 2. The number of hydrogen-bond donors (Lipinski definition) is 3. The summed E-state index contributed by atoms with van der Waals surface area (Å²) in [7, 11) is 0. The Balaban J connectivity index is 3.41. The smallest absolute Gasteiger partial charge is 0.305 e.